The minimum Gasteiger partial charge on any atom is -0.318 e. The van der Waals surface area contributed by atoms with Gasteiger partial charge >= 0.3 is 0 Å². The second-order valence-electron chi connectivity index (χ2n) is 5.42. The van der Waals surface area contributed by atoms with E-state index in [9.17, 15) is 0 Å². The van der Waals surface area contributed by atoms with Crippen molar-refractivity contribution in [3.8, 4) is 11.8 Å². The number of aryl methyl sites for hydroxylation is 1. The lowest BCUT2D eigenvalue weighted by atomic mass is 10.1. The predicted octanol–water partition coefficient (Wildman–Crippen LogP) is 3.88. The molecule has 0 saturated carbocycles. The number of nitrogens with one attached hydrogen (secondary N) is 1. The number of nitrogens with zero attached hydrogens (tertiary/aromatic N) is 2. The smallest absolute Gasteiger partial charge is 0.0638 e. The Morgan fingerprint density at radius 3 is 2.57 bits per heavy atom. The van der Waals surface area contributed by atoms with E-state index in [1.807, 2.05) is 6.07 Å². The first-order chi connectivity index (χ1) is 10.2. The topological polar surface area (TPSA) is 40.8 Å². The number of para-hydroxylation sites is 1. The average molecular weight is 281 g/mol. The van der Waals surface area contributed by atoms with Crippen molar-refractivity contribution in [2.24, 2.45) is 0 Å². The summed E-state index contributed by atoms with van der Waals surface area (Å²) in [4.78, 5) is 0. The van der Waals surface area contributed by atoms with Gasteiger partial charge in [-0.2, -0.15) is 5.26 Å². The summed E-state index contributed by atoms with van der Waals surface area (Å²) < 4.78 is 2.28. The van der Waals surface area contributed by atoms with E-state index in [1.165, 1.54) is 22.6 Å². The number of aromatic nitrogens is 1. The molecular formula is C18H23N3. The third kappa shape index (κ3) is 3.53. The van der Waals surface area contributed by atoms with Crippen molar-refractivity contribution in [3.05, 3.63) is 53.3 Å². The molecule has 2 rings (SSSR count). The molecule has 0 radical (unpaired) electrons. The van der Waals surface area contributed by atoms with Crippen molar-refractivity contribution in [1.29, 1.82) is 5.26 Å². The molecule has 1 aromatic carbocycles. The van der Waals surface area contributed by atoms with E-state index in [2.05, 4.69) is 67.1 Å². The first kappa shape index (κ1) is 15.3. The molecule has 2 aromatic rings. The minimum absolute atomic E-state index is 0.273. The number of hydrogen-bond donors (Lipinski definition) is 1. The average Bonchev–Trinajstić information content (AvgIpc) is 2.78. The maximum Gasteiger partial charge on any atom is 0.0638 e. The van der Waals surface area contributed by atoms with Gasteiger partial charge in [-0.05, 0) is 44.0 Å². The summed E-state index contributed by atoms with van der Waals surface area (Å²) in [6, 6.07) is 15.2. The van der Waals surface area contributed by atoms with Crippen LogP contribution in [0.5, 0.6) is 0 Å². The van der Waals surface area contributed by atoms with Crippen LogP contribution in [0.15, 0.2) is 36.4 Å². The molecule has 0 spiro atoms. The fraction of sp³-hybridized carbons (Fsp3) is 0.389. The summed E-state index contributed by atoms with van der Waals surface area (Å²) in [5.74, 6) is 0. The second-order valence-corrected chi connectivity index (χ2v) is 5.42. The summed E-state index contributed by atoms with van der Waals surface area (Å²) in [5.41, 5.74) is 5.00. The number of rotatable bonds is 6. The van der Waals surface area contributed by atoms with E-state index in [0.29, 0.717) is 6.42 Å². The maximum absolute atomic E-state index is 8.82. The molecule has 0 aliphatic carbocycles. The lowest BCUT2D eigenvalue weighted by Crippen LogP contribution is -2.27. The third-order valence-corrected chi connectivity index (χ3v) is 3.96. The van der Waals surface area contributed by atoms with Crippen molar-refractivity contribution in [3.63, 3.8) is 0 Å². The van der Waals surface area contributed by atoms with Gasteiger partial charge in [-0.15, -0.1) is 0 Å². The highest BCUT2D eigenvalue weighted by molar-refractivity contribution is 5.40. The van der Waals surface area contributed by atoms with Crippen LogP contribution in [0.25, 0.3) is 5.69 Å². The van der Waals surface area contributed by atoms with Crippen molar-refractivity contribution in [1.82, 2.24) is 9.88 Å². The molecule has 0 bridgehead atoms. The maximum atomic E-state index is 8.82. The second kappa shape index (κ2) is 7.10. The summed E-state index contributed by atoms with van der Waals surface area (Å²) in [6.07, 6.45) is 1.54. The molecule has 1 aromatic heterocycles. The quantitative estimate of drug-likeness (QED) is 0.873. The van der Waals surface area contributed by atoms with E-state index >= 15 is 0 Å². The van der Waals surface area contributed by atoms with Crippen LogP contribution >= 0.6 is 0 Å². The Hall–Kier alpha value is -2.05. The molecule has 0 aliphatic heterocycles. The molecule has 0 aliphatic rings. The number of hydrogen-bond acceptors (Lipinski definition) is 2. The van der Waals surface area contributed by atoms with Crippen LogP contribution in [0.2, 0.25) is 0 Å². The molecule has 0 fully saturated rings. The van der Waals surface area contributed by atoms with E-state index < -0.39 is 0 Å². The molecule has 1 atom stereocenters. The van der Waals surface area contributed by atoms with Crippen molar-refractivity contribution >= 4 is 0 Å². The lowest BCUT2D eigenvalue weighted by Gasteiger charge is -2.14. The Balaban J connectivity index is 2.18. The molecule has 1 N–H and O–H groups in total. The van der Waals surface area contributed by atoms with Gasteiger partial charge in [-0.25, -0.2) is 0 Å². The van der Waals surface area contributed by atoms with Crippen LogP contribution < -0.4 is 5.32 Å². The van der Waals surface area contributed by atoms with Gasteiger partial charge < -0.3 is 9.88 Å². The van der Waals surface area contributed by atoms with Gasteiger partial charge in [-0.1, -0.05) is 25.1 Å². The van der Waals surface area contributed by atoms with Gasteiger partial charge in [0.2, 0.25) is 0 Å². The van der Waals surface area contributed by atoms with Crippen molar-refractivity contribution in [2.75, 3.05) is 0 Å². The van der Waals surface area contributed by atoms with Crippen LogP contribution in [0.1, 0.15) is 36.7 Å². The molecule has 0 saturated heterocycles. The molecule has 3 heteroatoms. The van der Waals surface area contributed by atoms with Gasteiger partial charge in [0.05, 0.1) is 12.5 Å². The summed E-state index contributed by atoms with van der Waals surface area (Å²) in [7, 11) is 0. The standard InChI is InChI=1S/C18H23N3/c1-4-17(10-11-19)20-13-16-12-14(2)21(15(16)3)18-8-6-5-7-9-18/h5-9,12,17,20H,4,10,13H2,1-3H3. The summed E-state index contributed by atoms with van der Waals surface area (Å²) >= 11 is 0. The van der Waals surface area contributed by atoms with Crippen LogP contribution in [-0.4, -0.2) is 10.6 Å². The Morgan fingerprint density at radius 1 is 1.24 bits per heavy atom. The lowest BCUT2D eigenvalue weighted by molar-refractivity contribution is 0.504. The van der Waals surface area contributed by atoms with E-state index in [-0.39, 0.29) is 6.04 Å². The van der Waals surface area contributed by atoms with Gasteiger partial charge in [0, 0.05) is 29.7 Å². The Kier molecular flexibility index (Phi) is 5.19. The molecule has 1 heterocycles. The molecule has 21 heavy (non-hydrogen) atoms. The van der Waals surface area contributed by atoms with Crippen LogP contribution in [0.4, 0.5) is 0 Å². The highest BCUT2D eigenvalue weighted by Crippen LogP contribution is 2.20. The zero-order chi connectivity index (χ0) is 15.2. The van der Waals surface area contributed by atoms with E-state index in [4.69, 9.17) is 5.26 Å². The van der Waals surface area contributed by atoms with Crippen LogP contribution in [-0.2, 0) is 6.54 Å². The Labute approximate surface area is 127 Å². The van der Waals surface area contributed by atoms with E-state index in [0.717, 1.165) is 13.0 Å². The van der Waals surface area contributed by atoms with Crippen LogP contribution in [0.3, 0.4) is 0 Å². The first-order valence-corrected chi connectivity index (χ1v) is 7.51. The van der Waals surface area contributed by atoms with Gasteiger partial charge in [0.15, 0.2) is 0 Å². The zero-order valence-electron chi connectivity index (χ0n) is 13.1. The number of nitriles is 1. The monoisotopic (exact) mass is 281 g/mol. The van der Waals surface area contributed by atoms with Gasteiger partial charge in [-0.3, -0.25) is 0 Å². The fourth-order valence-electron chi connectivity index (χ4n) is 2.71. The van der Waals surface area contributed by atoms with Gasteiger partial charge in [0.1, 0.15) is 0 Å². The summed E-state index contributed by atoms with van der Waals surface area (Å²) in [5, 5.41) is 12.3. The normalized spacial score (nSPS) is 12.1. The van der Waals surface area contributed by atoms with E-state index in [1.54, 1.807) is 0 Å². The van der Waals surface area contributed by atoms with Crippen molar-refractivity contribution in [2.45, 2.75) is 46.2 Å². The highest BCUT2D eigenvalue weighted by Gasteiger charge is 2.12. The van der Waals surface area contributed by atoms with Crippen LogP contribution in [0, 0.1) is 25.2 Å². The largest absolute Gasteiger partial charge is 0.318 e. The SMILES string of the molecule is CCC(CC#N)NCc1cc(C)n(-c2ccccc2)c1C. The molecule has 3 nitrogen and oxygen atoms in total. The third-order valence-electron chi connectivity index (χ3n) is 3.96. The molecule has 110 valence electrons. The predicted molar refractivity (Wildman–Crippen MR) is 86.4 cm³/mol. The first-order valence-electron chi connectivity index (χ1n) is 7.51. The summed E-state index contributed by atoms with van der Waals surface area (Å²) in [6.45, 7) is 7.22. The Bertz CT molecular complexity index is 620. The molecular weight excluding hydrogens is 258 g/mol. The number of benzene rings is 1. The highest BCUT2D eigenvalue weighted by atomic mass is 15.0. The Morgan fingerprint density at radius 2 is 1.95 bits per heavy atom. The zero-order valence-corrected chi connectivity index (χ0v) is 13.1. The minimum atomic E-state index is 0.273. The fourth-order valence-corrected chi connectivity index (χ4v) is 2.71. The van der Waals surface area contributed by atoms with Gasteiger partial charge in [0.25, 0.3) is 0 Å². The van der Waals surface area contributed by atoms with Crippen molar-refractivity contribution < 1.29 is 0 Å². The molecule has 0 amide bonds. The molecule has 1 unspecified atom stereocenters.